The zero-order valence-corrected chi connectivity index (χ0v) is 13.8. The van der Waals surface area contributed by atoms with Gasteiger partial charge in [-0.1, -0.05) is 0 Å². The van der Waals surface area contributed by atoms with Crippen LogP contribution in [0.4, 0.5) is 5.95 Å². The van der Waals surface area contributed by atoms with Gasteiger partial charge in [-0.05, 0) is 13.0 Å². The van der Waals surface area contributed by atoms with Crippen molar-refractivity contribution in [1.29, 1.82) is 0 Å². The molecule has 1 N–H and O–H groups in total. The lowest BCUT2D eigenvalue weighted by Crippen LogP contribution is -2.54. The van der Waals surface area contributed by atoms with E-state index in [2.05, 4.69) is 15.2 Å². The second-order valence-corrected chi connectivity index (χ2v) is 5.86. The Morgan fingerprint density at radius 2 is 2.04 bits per heavy atom. The zero-order chi connectivity index (χ0) is 17.1. The van der Waals surface area contributed by atoms with E-state index in [1.165, 1.54) is 12.5 Å². The number of amides is 2. The second kappa shape index (κ2) is 6.77. The fourth-order valence-electron chi connectivity index (χ4n) is 2.80. The fraction of sp³-hybridized carbons (Fsp3) is 0.438. The number of piperazine rings is 1. The first-order valence-corrected chi connectivity index (χ1v) is 7.90. The van der Waals surface area contributed by atoms with Crippen molar-refractivity contribution in [2.75, 3.05) is 31.1 Å². The first kappa shape index (κ1) is 16.1. The lowest BCUT2D eigenvalue weighted by atomic mass is 10.2. The van der Waals surface area contributed by atoms with Crippen LogP contribution in [0.5, 0.6) is 0 Å². The third-order valence-electron chi connectivity index (χ3n) is 4.17. The maximum Gasteiger partial charge on any atom is 0.255 e. The van der Waals surface area contributed by atoms with Crippen LogP contribution >= 0.6 is 0 Å². The Morgan fingerprint density at radius 3 is 2.62 bits per heavy atom. The normalized spacial score (nSPS) is 16.1. The Morgan fingerprint density at radius 1 is 1.29 bits per heavy atom. The van der Waals surface area contributed by atoms with Crippen LogP contribution < -0.4 is 10.2 Å². The van der Waals surface area contributed by atoms with Crippen molar-refractivity contribution < 1.29 is 14.0 Å². The Balaban J connectivity index is 1.53. The van der Waals surface area contributed by atoms with Crippen molar-refractivity contribution in [3.8, 4) is 0 Å². The lowest BCUT2D eigenvalue weighted by molar-refractivity contribution is -0.133. The van der Waals surface area contributed by atoms with E-state index in [0.717, 1.165) is 19.0 Å². The molecule has 2 aromatic rings. The number of nitrogens with zero attached hydrogens (tertiary/aromatic N) is 4. The van der Waals surface area contributed by atoms with Gasteiger partial charge in [0.25, 0.3) is 5.91 Å². The highest BCUT2D eigenvalue weighted by molar-refractivity contribution is 5.97. The summed E-state index contributed by atoms with van der Waals surface area (Å²) in [5, 5.41) is 2.71. The first-order valence-electron chi connectivity index (χ1n) is 7.90. The Bertz CT molecular complexity index is 701. The summed E-state index contributed by atoms with van der Waals surface area (Å²) in [4.78, 5) is 32.8. The molecule has 1 aliphatic rings. The maximum absolute atomic E-state index is 12.5. The van der Waals surface area contributed by atoms with Gasteiger partial charge >= 0.3 is 0 Å². The Labute approximate surface area is 140 Å². The first-order chi connectivity index (χ1) is 11.6. The predicted molar refractivity (Wildman–Crippen MR) is 87.6 cm³/mol. The molecule has 3 rings (SSSR count). The van der Waals surface area contributed by atoms with Gasteiger partial charge in [-0.25, -0.2) is 4.98 Å². The molecule has 0 saturated carbocycles. The Hall–Kier alpha value is -2.77. The van der Waals surface area contributed by atoms with Crippen molar-refractivity contribution in [1.82, 2.24) is 19.8 Å². The van der Waals surface area contributed by atoms with Gasteiger partial charge in [-0.15, -0.1) is 0 Å². The molecule has 1 saturated heterocycles. The minimum absolute atomic E-state index is 0.0775. The number of aryl methyl sites for hydroxylation is 1. The van der Waals surface area contributed by atoms with Gasteiger partial charge in [0, 0.05) is 45.6 Å². The summed E-state index contributed by atoms with van der Waals surface area (Å²) >= 11 is 0. The third-order valence-corrected chi connectivity index (χ3v) is 4.17. The number of nitrogens with one attached hydrogen (secondary N) is 1. The fourth-order valence-corrected chi connectivity index (χ4v) is 2.80. The third kappa shape index (κ3) is 3.27. The molecule has 8 nitrogen and oxygen atoms in total. The van der Waals surface area contributed by atoms with Crippen LogP contribution in [0, 0.1) is 0 Å². The SMILES string of the molecule is C[C@@H](NC(=O)c1ccoc1)C(=O)N1CCN(c2nccn2C)CC1. The van der Waals surface area contributed by atoms with E-state index in [1.807, 2.05) is 17.8 Å². The van der Waals surface area contributed by atoms with Crippen molar-refractivity contribution in [3.63, 3.8) is 0 Å². The highest BCUT2D eigenvalue weighted by Gasteiger charge is 2.27. The molecule has 0 aliphatic carbocycles. The average molecular weight is 331 g/mol. The van der Waals surface area contributed by atoms with Crippen molar-refractivity contribution >= 4 is 17.8 Å². The summed E-state index contributed by atoms with van der Waals surface area (Å²) in [6, 6.07) is 0.991. The largest absolute Gasteiger partial charge is 0.472 e. The minimum Gasteiger partial charge on any atom is -0.472 e. The molecule has 0 radical (unpaired) electrons. The number of anilines is 1. The predicted octanol–water partition coefficient (Wildman–Crippen LogP) is 0.480. The van der Waals surface area contributed by atoms with Gasteiger partial charge in [0.05, 0.1) is 11.8 Å². The van der Waals surface area contributed by atoms with Gasteiger partial charge in [0.15, 0.2) is 0 Å². The number of hydrogen-bond acceptors (Lipinski definition) is 5. The number of hydrogen-bond donors (Lipinski definition) is 1. The topological polar surface area (TPSA) is 83.6 Å². The van der Waals surface area contributed by atoms with Crippen LogP contribution in [0.15, 0.2) is 35.4 Å². The highest BCUT2D eigenvalue weighted by Crippen LogP contribution is 2.13. The van der Waals surface area contributed by atoms with Crippen LogP contribution in [-0.2, 0) is 11.8 Å². The van der Waals surface area contributed by atoms with Gasteiger partial charge in [0.2, 0.25) is 11.9 Å². The highest BCUT2D eigenvalue weighted by atomic mass is 16.3. The summed E-state index contributed by atoms with van der Waals surface area (Å²) in [7, 11) is 1.95. The van der Waals surface area contributed by atoms with Crippen LogP contribution in [0.3, 0.4) is 0 Å². The molecular weight excluding hydrogens is 310 g/mol. The molecule has 2 amide bonds. The number of imidazole rings is 1. The molecule has 1 aliphatic heterocycles. The molecule has 0 spiro atoms. The molecule has 128 valence electrons. The van der Waals surface area contributed by atoms with Crippen molar-refractivity contribution in [2.45, 2.75) is 13.0 Å². The van der Waals surface area contributed by atoms with Gasteiger partial charge in [-0.2, -0.15) is 0 Å². The molecule has 0 bridgehead atoms. The average Bonchev–Trinajstić information content (AvgIpc) is 3.26. The summed E-state index contributed by atoms with van der Waals surface area (Å²) in [6.07, 6.45) is 6.46. The number of aromatic nitrogens is 2. The molecule has 1 atom stereocenters. The van der Waals surface area contributed by atoms with E-state index in [0.29, 0.717) is 18.7 Å². The minimum atomic E-state index is -0.577. The van der Waals surface area contributed by atoms with Crippen molar-refractivity contribution in [3.05, 3.63) is 36.5 Å². The van der Waals surface area contributed by atoms with Crippen molar-refractivity contribution in [2.24, 2.45) is 7.05 Å². The van der Waals surface area contributed by atoms with E-state index < -0.39 is 6.04 Å². The van der Waals surface area contributed by atoms with Gasteiger partial charge in [0.1, 0.15) is 12.3 Å². The quantitative estimate of drug-likeness (QED) is 0.881. The Kier molecular flexibility index (Phi) is 4.54. The van der Waals surface area contributed by atoms with Crippen LogP contribution in [-0.4, -0.2) is 58.5 Å². The molecule has 1 fully saturated rings. The van der Waals surface area contributed by atoms with E-state index in [9.17, 15) is 9.59 Å². The van der Waals surface area contributed by atoms with Gasteiger partial charge < -0.3 is 24.1 Å². The molecule has 0 unspecified atom stereocenters. The number of carbonyl (C=O) groups excluding carboxylic acids is 2. The van der Waals surface area contributed by atoms with Crippen LogP contribution in [0.2, 0.25) is 0 Å². The van der Waals surface area contributed by atoms with E-state index >= 15 is 0 Å². The lowest BCUT2D eigenvalue weighted by Gasteiger charge is -2.36. The molecule has 24 heavy (non-hydrogen) atoms. The standard InChI is InChI=1S/C16H21N5O3/c1-12(18-14(22)13-3-10-24-11-13)15(23)20-6-8-21(9-7-20)16-17-4-5-19(16)2/h3-5,10-12H,6-9H2,1-2H3,(H,18,22)/t12-/m1/s1. The smallest absolute Gasteiger partial charge is 0.255 e. The van der Waals surface area contributed by atoms with E-state index in [4.69, 9.17) is 4.42 Å². The summed E-state index contributed by atoms with van der Waals surface area (Å²) in [5.74, 6) is 0.519. The molecular formula is C16H21N5O3. The summed E-state index contributed by atoms with van der Waals surface area (Å²) in [5.41, 5.74) is 0.411. The molecule has 8 heteroatoms. The second-order valence-electron chi connectivity index (χ2n) is 5.86. The monoisotopic (exact) mass is 331 g/mol. The maximum atomic E-state index is 12.5. The van der Waals surface area contributed by atoms with Crippen LogP contribution in [0.25, 0.3) is 0 Å². The summed E-state index contributed by atoms with van der Waals surface area (Å²) < 4.78 is 6.84. The zero-order valence-electron chi connectivity index (χ0n) is 13.8. The number of furan rings is 1. The summed E-state index contributed by atoms with van der Waals surface area (Å²) in [6.45, 7) is 4.36. The number of rotatable bonds is 4. The van der Waals surface area contributed by atoms with E-state index in [-0.39, 0.29) is 11.8 Å². The molecule has 3 heterocycles. The van der Waals surface area contributed by atoms with Crippen LogP contribution in [0.1, 0.15) is 17.3 Å². The van der Waals surface area contributed by atoms with E-state index in [1.54, 1.807) is 24.1 Å². The van der Waals surface area contributed by atoms with Gasteiger partial charge in [-0.3, -0.25) is 9.59 Å². The number of carbonyl (C=O) groups is 2. The molecule has 0 aromatic carbocycles. The molecule has 2 aromatic heterocycles.